The van der Waals surface area contributed by atoms with Crippen molar-refractivity contribution >= 4 is 0 Å². The number of fused-ring (bicyclic) bond motifs is 1. The molecule has 0 aromatic heterocycles. The lowest BCUT2D eigenvalue weighted by Gasteiger charge is -2.67. The van der Waals surface area contributed by atoms with E-state index in [1.807, 2.05) is 13.8 Å². The quantitative estimate of drug-likeness (QED) is 0.773. The summed E-state index contributed by atoms with van der Waals surface area (Å²) >= 11 is 0. The zero-order chi connectivity index (χ0) is 19.7. The van der Waals surface area contributed by atoms with Crippen LogP contribution in [0.25, 0.3) is 0 Å². The van der Waals surface area contributed by atoms with Gasteiger partial charge in [-0.05, 0) is 63.7 Å². The fourth-order valence-electron chi connectivity index (χ4n) is 7.73. The second-order valence-electron chi connectivity index (χ2n) is 10.9. The Morgan fingerprint density at radius 1 is 1.04 bits per heavy atom. The van der Waals surface area contributed by atoms with Gasteiger partial charge in [-0.2, -0.15) is 0 Å². The standard InChI is InChI=1S/C23H38O5/c1-14-10-19-23(13-26-21(2,3)28-19)16(12-24)6-5-7-17(23)22(14,4)18-11-15-8-9-25-20(15)27-18/h14-20,24H,5-13H2,1-4H3/t14-,15+,16-,17?,18+,19+,20+,22+,23?/m1/s1. The minimum Gasteiger partial charge on any atom is -0.396 e. The third-order valence-electron chi connectivity index (χ3n) is 9.41. The second kappa shape index (κ2) is 6.65. The van der Waals surface area contributed by atoms with Gasteiger partial charge in [0.05, 0.1) is 25.4 Å². The first kappa shape index (κ1) is 19.7. The molecular formula is C23H38O5. The number of hydrogen-bond donors (Lipinski definition) is 1. The van der Waals surface area contributed by atoms with Gasteiger partial charge in [-0.3, -0.25) is 0 Å². The van der Waals surface area contributed by atoms with Gasteiger partial charge in [0, 0.05) is 23.4 Å². The Morgan fingerprint density at radius 3 is 2.61 bits per heavy atom. The van der Waals surface area contributed by atoms with Crippen molar-refractivity contribution in [1.82, 2.24) is 0 Å². The van der Waals surface area contributed by atoms with Gasteiger partial charge in [-0.1, -0.05) is 20.3 Å². The van der Waals surface area contributed by atoms with E-state index in [0.29, 0.717) is 24.4 Å². The molecule has 0 bridgehead atoms. The van der Waals surface area contributed by atoms with E-state index in [0.717, 1.165) is 32.3 Å². The van der Waals surface area contributed by atoms with Gasteiger partial charge >= 0.3 is 0 Å². The Labute approximate surface area is 169 Å². The van der Waals surface area contributed by atoms with Crippen LogP contribution in [-0.4, -0.2) is 49.2 Å². The Balaban J connectivity index is 1.53. The fraction of sp³-hybridized carbons (Fsp3) is 1.00. The molecule has 5 heteroatoms. The summed E-state index contributed by atoms with van der Waals surface area (Å²) in [6.45, 7) is 10.7. The smallest absolute Gasteiger partial charge is 0.163 e. The molecule has 1 N–H and O–H groups in total. The van der Waals surface area contributed by atoms with Crippen LogP contribution < -0.4 is 0 Å². The molecule has 0 radical (unpaired) electrons. The molecule has 1 spiro atoms. The summed E-state index contributed by atoms with van der Waals surface area (Å²) in [5.41, 5.74) is -0.0437. The van der Waals surface area contributed by atoms with Gasteiger partial charge in [0.1, 0.15) is 0 Å². The highest BCUT2D eigenvalue weighted by molar-refractivity contribution is 5.14. The van der Waals surface area contributed by atoms with Gasteiger partial charge in [0.15, 0.2) is 12.1 Å². The molecule has 160 valence electrons. The molecule has 3 aliphatic heterocycles. The maximum Gasteiger partial charge on any atom is 0.163 e. The lowest BCUT2D eigenvalue weighted by Crippen LogP contribution is -2.69. The topological polar surface area (TPSA) is 57.2 Å². The van der Waals surface area contributed by atoms with Gasteiger partial charge < -0.3 is 24.1 Å². The van der Waals surface area contributed by atoms with Crippen LogP contribution in [0.3, 0.4) is 0 Å². The number of rotatable bonds is 2. The van der Waals surface area contributed by atoms with Crippen LogP contribution in [0.15, 0.2) is 0 Å². The van der Waals surface area contributed by atoms with E-state index in [9.17, 15) is 5.11 Å². The minimum atomic E-state index is -0.542. The van der Waals surface area contributed by atoms with Crippen molar-refractivity contribution in [3.8, 4) is 0 Å². The Kier molecular flexibility index (Phi) is 4.69. The molecule has 5 rings (SSSR count). The lowest BCUT2D eigenvalue weighted by atomic mass is 9.42. The minimum absolute atomic E-state index is 0.00211. The van der Waals surface area contributed by atoms with Crippen molar-refractivity contribution in [1.29, 1.82) is 0 Å². The van der Waals surface area contributed by atoms with Crippen LogP contribution in [0.5, 0.6) is 0 Å². The molecule has 5 nitrogen and oxygen atoms in total. The van der Waals surface area contributed by atoms with Gasteiger partial charge in [-0.25, -0.2) is 0 Å². The molecule has 9 atom stereocenters. The first-order chi connectivity index (χ1) is 13.3. The van der Waals surface area contributed by atoms with Crippen LogP contribution in [0.2, 0.25) is 0 Å². The van der Waals surface area contributed by atoms with Crippen molar-refractivity contribution in [2.75, 3.05) is 19.8 Å². The summed E-state index contributed by atoms with van der Waals surface area (Å²) in [5, 5.41) is 10.4. The maximum atomic E-state index is 10.4. The van der Waals surface area contributed by atoms with Crippen molar-refractivity contribution in [3.05, 3.63) is 0 Å². The zero-order valence-electron chi connectivity index (χ0n) is 18.0. The van der Waals surface area contributed by atoms with Crippen LogP contribution in [0.4, 0.5) is 0 Å². The van der Waals surface area contributed by atoms with Crippen LogP contribution in [0, 0.1) is 34.5 Å². The number of hydrogen-bond acceptors (Lipinski definition) is 5. The van der Waals surface area contributed by atoms with Crippen molar-refractivity contribution < 1.29 is 24.1 Å². The highest BCUT2D eigenvalue weighted by atomic mass is 16.7. The van der Waals surface area contributed by atoms with E-state index < -0.39 is 5.79 Å². The van der Waals surface area contributed by atoms with E-state index in [1.54, 1.807) is 0 Å². The van der Waals surface area contributed by atoms with Crippen molar-refractivity contribution in [3.63, 3.8) is 0 Å². The largest absolute Gasteiger partial charge is 0.396 e. The third kappa shape index (κ3) is 2.62. The molecule has 0 aromatic rings. The van der Waals surface area contributed by atoms with Gasteiger partial charge in [0.25, 0.3) is 0 Å². The van der Waals surface area contributed by atoms with Gasteiger partial charge in [-0.15, -0.1) is 0 Å². The molecule has 3 saturated heterocycles. The molecule has 5 fully saturated rings. The van der Waals surface area contributed by atoms with Crippen LogP contribution in [-0.2, 0) is 18.9 Å². The normalized spacial score (nSPS) is 55.4. The summed E-state index contributed by atoms with van der Waals surface area (Å²) in [7, 11) is 0. The zero-order valence-corrected chi connectivity index (χ0v) is 18.0. The predicted molar refractivity (Wildman–Crippen MR) is 104 cm³/mol. The molecule has 5 aliphatic rings. The summed E-state index contributed by atoms with van der Waals surface area (Å²) in [4.78, 5) is 0. The average Bonchev–Trinajstić information content (AvgIpc) is 3.25. The van der Waals surface area contributed by atoms with Crippen LogP contribution in [0.1, 0.15) is 66.2 Å². The molecule has 28 heavy (non-hydrogen) atoms. The van der Waals surface area contributed by atoms with Crippen molar-refractivity contribution in [2.24, 2.45) is 34.5 Å². The van der Waals surface area contributed by atoms with E-state index in [4.69, 9.17) is 18.9 Å². The Hall–Kier alpha value is -0.200. The first-order valence-electron chi connectivity index (χ1n) is 11.5. The third-order valence-corrected chi connectivity index (χ3v) is 9.41. The average molecular weight is 395 g/mol. The van der Waals surface area contributed by atoms with Gasteiger partial charge in [0.2, 0.25) is 0 Å². The first-order valence-corrected chi connectivity index (χ1v) is 11.5. The number of ether oxygens (including phenoxy) is 4. The molecule has 2 saturated carbocycles. The molecule has 2 unspecified atom stereocenters. The molecular weight excluding hydrogens is 356 g/mol. The number of aliphatic hydroxyl groups is 1. The second-order valence-corrected chi connectivity index (χ2v) is 10.9. The molecule has 0 aromatic carbocycles. The Bertz CT molecular complexity index is 596. The summed E-state index contributed by atoms with van der Waals surface area (Å²) in [6, 6.07) is 0. The van der Waals surface area contributed by atoms with Crippen LogP contribution >= 0.6 is 0 Å². The maximum absolute atomic E-state index is 10.4. The SMILES string of the molecule is C[C@@H]1C[C@@H]2OC(C)(C)OCC23C(CCC[C@@H]3CO)[C@@]1(C)[C@@H]1C[C@@H]2CCO[C@H]2O1. The Morgan fingerprint density at radius 2 is 1.86 bits per heavy atom. The molecule has 3 heterocycles. The summed E-state index contributed by atoms with van der Waals surface area (Å²) < 4.78 is 25.3. The van der Waals surface area contributed by atoms with E-state index in [2.05, 4.69) is 13.8 Å². The molecule has 2 aliphatic carbocycles. The summed E-state index contributed by atoms with van der Waals surface area (Å²) in [5.74, 6) is 1.21. The highest BCUT2D eigenvalue weighted by Crippen LogP contribution is 2.67. The lowest BCUT2D eigenvalue weighted by molar-refractivity contribution is -0.373. The van der Waals surface area contributed by atoms with E-state index >= 15 is 0 Å². The van der Waals surface area contributed by atoms with E-state index in [1.165, 1.54) is 12.8 Å². The number of aliphatic hydroxyl groups excluding tert-OH is 1. The monoisotopic (exact) mass is 394 g/mol. The predicted octanol–water partition coefficient (Wildman–Crippen LogP) is 3.73. The molecule has 0 amide bonds. The fourth-order valence-corrected chi connectivity index (χ4v) is 7.73. The van der Waals surface area contributed by atoms with E-state index in [-0.39, 0.29) is 41.9 Å². The van der Waals surface area contributed by atoms with Crippen molar-refractivity contribution in [2.45, 2.75) is 90.5 Å². The highest BCUT2D eigenvalue weighted by Gasteiger charge is 2.68. The summed E-state index contributed by atoms with van der Waals surface area (Å²) in [6.07, 6.45) is 7.06.